The molecule has 5 nitrogen and oxygen atoms in total. The predicted molar refractivity (Wildman–Crippen MR) is 116 cm³/mol. The number of carbonyl (C=O) groups excluding carboxylic acids is 1. The highest BCUT2D eigenvalue weighted by molar-refractivity contribution is 7.92. The lowest BCUT2D eigenvalue weighted by Crippen LogP contribution is -2.31. The number of benzene rings is 3. The molecule has 0 aliphatic carbocycles. The number of hydrogen-bond donors (Lipinski definition) is 1. The maximum absolute atomic E-state index is 14.1. The Morgan fingerprint density at radius 3 is 2.00 bits per heavy atom. The van der Waals surface area contributed by atoms with Crippen molar-refractivity contribution in [3.8, 4) is 0 Å². The number of halogens is 3. The zero-order chi connectivity index (χ0) is 23.3. The van der Waals surface area contributed by atoms with Crippen LogP contribution in [0.5, 0.6) is 0 Å². The molecule has 32 heavy (non-hydrogen) atoms. The van der Waals surface area contributed by atoms with Crippen molar-refractivity contribution in [2.75, 3.05) is 17.1 Å². The highest BCUT2D eigenvalue weighted by atomic mass is 32.2. The normalized spacial score (nSPS) is 11.2. The second-order valence-corrected chi connectivity index (χ2v) is 9.08. The standard InChI is InChI=1S/C23H21F3N2O3S/c1-32(30,31)28(22-20(25)3-2-4-21(22)26)15-17-5-9-18(10-6-17)23(29)27-14-13-16-7-11-19(24)12-8-16/h2-12H,13-15H2,1H3,(H,27,29). The smallest absolute Gasteiger partial charge is 0.251 e. The molecule has 1 amide bonds. The number of nitrogens with one attached hydrogen (secondary N) is 1. The van der Waals surface area contributed by atoms with Gasteiger partial charge in [-0.15, -0.1) is 0 Å². The van der Waals surface area contributed by atoms with Crippen molar-refractivity contribution in [3.63, 3.8) is 0 Å². The van der Waals surface area contributed by atoms with Crippen LogP contribution in [0.1, 0.15) is 21.5 Å². The summed E-state index contributed by atoms with van der Waals surface area (Å²) in [6.45, 7) is 0.0454. The first kappa shape index (κ1) is 23.3. The molecule has 3 rings (SSSR count). The molecule has 168 valence electrons. The topological polar surface area (TPSA) is 66.5 Å². The minimum absolute atomic E-state index is 0.302. The van der Waals surface area contributed by atoms with E-state index in [0.29, 0.717) is 28.4 Å². The van der Waals surface area contributed by atoms with E-state index in [9.17, 15) is 26.4 Å². The molecule has 0 aromatic heterocycles. The van der Waals surface area contributed by atoms with E-state index in [1.807, 2.05) is 0 Å². The zero-order valence-corrected chi connectivity index (χ0v) is 18.0. The number of amides is 1. The van der Waals surface area contributed by atoms with Crippen molar-refractivity contribution in [2.24, 2.45) is 0 Å². The van der Waals surface area contributed by atoms with E-state index < -0.39 is 27.3 Å². The number of sulfonamides is 1. The lowest BCUT2D eigenvalue weighted by Gasteiger charge is -2.23. The van der Waals surface area contributed by atoms with E-state index in [0.717, 1.165) is 30.0 Å². The Hall–Kier alpha value is -3.33. The summed E-state index contributed by atoms with van der Waals surface area (Å²) in [6.07, 6.45) is 1.39. The van der Waals surface area contributed by atoms with Gasteiger partial charge in [-0.1, -0.05) is 30.3 Å². The quantitative estimate of drug-likeness (QED) is 0.550. The molecule has 3 aromatic rings. The van der Waals surface area contributed by atoms with Crippen LogP contribution in [0.2, 0.25) is 0 Å². The molecule has 0 spiro atoms. The third kappa shape index (κ3) is 5.88. The number of hydrogen-bond acceptors (Lipinski definition) is 3. The third-order valence-corrected chi connectivity index (χ3v) is 5.85. The van der Waals surface area contributed by atoms with Crippen molar-refractivity contribution >= 4 is 21.6 Å². The highest BCUT2D eigenvalue weighted by Gasteiger charge is 2.24. The maximum Gasteiger partial charge on any atom is 0.251 e. The lowest BCUT2D eigenvalue weighted by atomic mass is 10.1. The van der Waals surface area contributed by atoms with Crippen molar-refractivity contribution in [1.29, 1.82) is 0 Å². The summed E-state index contributed by atoms with van der Waals surface area (Å²) in [7, 11) is -3.98. The highest BCUT2D eigenvalue weighted by Crippen LogP contribution is 2.27. The van der Waals surface area contributed by atoms with Gasteiger partial charge in [-0.2, -0.15) is 0 Å². The molecule has 0 atom stereocenters. The first-order chi connectivity index (χ1) is 15.1. The van der Waals surface area contributed by atoms with Crippen molar-refractivity contribution in [3.05, 3.63) is 101 Å². The Balaban J connectivity index is 1.67. The Labute approximate surface area is 184 Å². The van der Waals surface area contributed by atoms with E-state index in [4.69, 9.17) is 0 Å². The van der Waals surface area contributed by atoms with E-state index in [-0.39, 0.29) is 18.3 Å². The average molecular weight is 462 g/mol. The predicted octanol–water partition coefficient (Wildman–Crippen LogP) is 4.04. The molecule has 1 N–H and O–H groups in total. The first-order valence-corrected chi connectivity index (χ1v) is 11.5. The molecule has 0 heterocycles. The maximum atomic E-state index is 14.1. The summed E-state index contributed by atoms with van der Waals surface area (Å²) in [4.78, 5) is 12.3. The molecular weight excluding hydrogens is 441 g/mol. The van der Waals surface area contributed by atoms with E-state index in [1.165, 1.54) is 36.4 Å². The minimum atomic E-state index is -3.98. The van der Waals surface area contributed by atoms with Gasteiger partial charge < -0.3 is 5.32 Å². The number of anilines is 1. The SMILES string of the molecule is CS(=O)(=O)N(Cc1ccc(C(=O)NCCc2ccc(F)cc2)cc1)c1c(F)cccc1F. The third-order valence-electron chi connectivity index (χ3n) is 4.74. The molecule has 0 aliphatic rings. The summed E-state index contributed by atoms with van der Waals surface area (Å²) in [5.41, 5.74) is 1.01. The largest absolute Gasteiger partial charge is 0.352 e. The van der Waals surface area contributed by atoms with Crippen LogP contribution in [-0.4, -0.2) is 27.1 Å². The second kappa shape index (κ2) is 9.86. The van der Waals surface area contributed by atoms with Crippen LogP contribution in [0.3, 0.4) is 0 Å². The van der Waals surface area contributed by atoms with Crippen LogP contribution >= 0.6 is 0 Å². The molecule has 9 heteroatoms. The van der Waals surface area contributed by atoms with E-state index in [1.54, 1.807) is 12.1 Å². The fraction of sp³-hybridized carbons (Fsp3) is 0.174. The zero-order valence-electron chi connectivity index (χ0n) is 17.2. The van der Waals surface area contributed by atoms with Gasteiger partial charge in [-0.3, -0.25) is 9.10 Å². The Bertz CT molecular complexity index is 1180. The monoisotopic (exact) mass is 462 g/mol. The molecule has 0 aliphatic heterocycles. The molecule has 0 bridgehead atoms. The van der Waals surface area contributed by atoms with Gasteiger partial charge in [0.1, 0.15) is 11.5 Å². The molecule has 0 saturated carbocycles. The fourth-order valence-corrected chi connectivity index (χ4v) is 3.98. The fourth-order valence-electron chi connectivity index (χ4n) is 3.09. The number of para-hydroxylation sites is 1. The van der Waals surface area contributed by atoms with Crippen molar-refractivity contribution in [2.45, 2.75) is 13.0 Å². The second-order valence-electron chi connectivity index (χ2n) is 7.17. The molecule has 0 unspecified atom stereocenters. The Kier molecular flexibility index (Phi) is 7.19. The molecule has 3 aromatic carbocycles. The van der Waals surface area contributed by atoms with Crippen LogP contribution < -0.4 is 9.62 Å². The average Bonchev–Trinajstić information content (AvgIpc) is 2.74. The summed E-state index contributed by atoms with van der Waals surface area (Å²) < 4.78 is 66.2. The van der Waals surface area contributed by atoms with Gasteiger partial charge in [0.2, 0.25) is 10.0 Å². The van der Waals surface area contributed by atoms with Gasteiger partial charge in [0, 0.05) is 12.1 Å². The number of carbonyl (C=O) groups is 1. The Morgan fingerprint density at radius 2 is 1.44 bits per heavy atom. The minimum Gasteiger partial charge on any atom is -0.352 e. The summed E-state index contributed by atoms with van der Waals surface area (Å²) in [6, 6.07) is 15.1. The van der Waals surface area contributed by atoms with Crippen LogP contribution in [0.25, 0.3) is 0 Å². The van der Waals surface area contributed by atoms with Crippen LogP contribution in [0.15, 0.2) is 66.7 Å². The van der Waals surface area contributed by atoms with Gasteiger partial charge in [-0.25, -0.2) is 21.6 Å². The number of rotatable bonds is 8. The van der Waals surface area contributed by atoms with Crippen molar-refractivity contribution in [1.82, 2.24) is 5.32 Å². The van der Waals surface area contributed by atoms with Crippen LogP contribution in [0, 0.1) is 17.5 Å². The van der Waals surface area contributed by atoms with E-state index in [2.05, 4.69) is 5.32 Å². The lowest BCUT2D eigenvalue weighted by molar-refractivity contribution is 0.0954. The molecule has 0 saturated heterocycles. The van der Waals surface area contributed by atoms with Gasteiger partial charge in [-0.05, 0) is 53.9 Å². The van der Waals surface area contributed by atoms with Gasteiger partial charge >= 0.3 is 0 Å². The van der Waals surface area contributed by atoms with Gasteiger partial charge in [0.05, 0.1) is 12.8 Å². The molecular formula is C23H21F3N2O3S. The van der Waals surface area contributed by atoms with E-state index >= 15 is 0 Å². The number of nitrogens with zero attached hydrogens (tertiary/aromatic N) is 1. The molecule has 0 fully saturated rings. The summed E-state index contributed by atoms with van der Waals surface area (Å²) in [5.74, 6) is -2.65. The van der Waals surface area contributed by atoms with Crippen molar-refractivity contribution < 1.29 is 26.4 Å². The molecule has 0 radical (unpaired) electrons. The van der Waals surface area contributed by atoms with Gasteiger partial charge in [0.15, 0.2) is 11.6 Å². The van der Waals surface area contributed by atoms with Gasteiger partial charge in [0.25, 0.3) is 5.91 Å². The van der Waals surface area contributed by atoms with Crippen LogP contribution in [0.4, 0.5) is 18.9 Å². The summed E-state index contributed by atoms with van der Waals surface area (Å²) in [5, 5.41) is 2.75. The Morgan fingerprint density at radius 1 is 0.875 bits per heavy atom. The van der Waals surface area contributed by atoms with Crippen LogP contribution in [-0.2, 0) is 23.0 Å². The summed E-state index contributed by atoms with van der Waals surface area (Å²) >= 11 is 0. The first-order valence-electron chi connectivity index (χ1n) is 9.68.